The molecule has 0 amide bonds. The van der Waals surface area contributed by atoms with Gasteiger partial charge in [0.2, 0.25) is 0 Å². The molecular formula is C10H21NO8. The van der Waals surface area contributed by atoms with E-state index in [1.807, 2.05) is 27.8 Å². The van der Waals surface area contributed by atoms with Gasteiger partial charge in [0.05, 0.1) is 0 Å². The lowest BCUT2D eigenvalue weighted by atomic mass is 10.2. The summed E-state index contributed by atoms with van der Waals surface area (Å²) in [6, 6.07) is 0. The fraction of sp³-hybridized carbons (Fsp3) is 0.600. The van der Waals surface area contributed by atoms with Crippen molar-refractivity contribution in [1.82, 2.24) is 5.32 Å². The zero-order valence-electron chi connectivity index (χ0n) is 11.1. The Morgan fingerprint density at radius 3 is 1.32 bits per heavy atom. The van der Waals surface area contributed by atoms with Crippen molar-refractivity contribution in [2.75, 3.05) is 14.1 Å². The number of nitrogens with one attached hydrogen (secondary N) is 1. The van der Waals surface area contributed by atoms with Crippen LogP contribution < -0.4 is 5.32 Å². The molecule has 0 aromatic rings. The summed E-state index contributed by atoms with van der Waals surface area (Å²) in [7, 11) is 3.75. The Balaban J connectivity index is -0.000000104. The van der Waals surface area contributed by atoms with E-state index in [0.29, 0.717) is 6.42 Å². The summed E-state index contributed by atoms with van der Waals surface area (Å²) in [5.74, 6) is -3.54. The van der Waals surface area contributed by atoms with Crippen LogP contribution in [0.5, 0.6) is 0 Å². The van der Waals surface area contributed by atoms with Gasteiger partial charge in [-0.1, -0.05) is 6.92 Å². The number of carbonyl (C=O) groups excluding carboxylic acids is 2. The molecule has 0 aliphatic carbocycles. The summed E-state index contributed by atoms with van der Waals surface area (Å²) in [5.41, 5.74) is 0. The van der Waals surface area contributed by atoms with E-state index >= 15 is 0 Å². The Kier molecular flexibility index (Phi) is 29.2. The number of hydrogen-bond acceptors (Lipinski definition) is 7. The highest BCUT2D eigenvalue weighted by atomic mass is 16.4. The van der Waals surface area contributed by atoms with E-state index in [-0.39, 0.29) is 0 Å². The molecular weight excluding hydrogens is 262 g/mol. The molecule has 0 aliphatic rings. The van der Waals surface area contributed by atoms with Crippen molar-refractivity contribution in [3.63, 3.8) is 0 Å². The minimum absolute atomic E-state index is 0.639. The topological polar surface area (TPSA) is 161 Å². The second-order valence-corrected chi connectivity index (χ2v) is 2.64. The monoisotopic (exact) mass is 283 g/mol. The van der Waals surface area contributed by atoms with Crippen LogP contribution in [0, 0.1) is 0 Å². The quantitative estimate of drug-likeness (QED) is 0.372. The van der Waals surface area contributed by atoms with Crippen LogP contribution in [0.1, 0.15) is 13.3 Å². The lowest BCUT2D eigenvalue weighted by molar-refractivity contribution is -0.165. The number of rotatable bonds is 4. The molecule has 0 saturated heterocycles. The van der Waals surface area contributed by atoms with Gasteiger partial charge in [-0.2, -0.15) is 0 Å². The Labute approximate surface area is 110 Å². The molecule has 0 spiro atoms. The number of carbonyl (C=O) groups is 4. The van der Waals surface area contributed by atoms with Gasteiger partial charge in [-0.3, -0.25) is 0 Å². The fourth-order valence-corrected chi connectivity index (χ4v) is 0.270. The summed E-state index contributed by atoms with van der Waals surface area (Å²) < 4.78 is 0. The Morgan fingerprint density at radius 2 is 1.26 bits per heavy atom. The Morgan fingerprint density at radius 1 is 1.11 bits per heavy atom. The number of carboxylic acids is 2. The maximum atomic E-state index is 9.77. The number of aliphatic carboxylic acids is 2. The first-order chi connectivity index (χ1) is 8.79. The average molecular weight is 283 g/mol. The molecule has 0 radical (unpaired) electrons. The number of aliphatic hydroxyl groups excluding tert-OH is 2. The highest BCUT2D eigenvalue weighted by Crippen LogP contribution is 1.92. The Bertz CT molecular complexity index is 216. The molecule has 0 bridgehead atoms. The van der Waals surface area contributed by atoms with Gasteiger partial charge in [-0.25, -0.2) is 9.59 Å². The van der Waals surface area contributed by atoms with E-state index in [4.69, 9.17) is 25.2 Å². The third kappa shape index (κ3) is 26.0. The summed E-state index contributed by atoms with van der Waals surface area (Å²) in [4.78, 5) is 36.7. The van der Waals surface area contributed by atoms with Crippen LogP contribution in [0.3, 0.4) is 0 Å². The summed E-state index contributed by atoms with van der Waals surface area (Å²) in [5, 5.41) is 35.3. The third-order valence-corrected chi connectivity index (χ3v) is 0.972. The molecule has 2 atom stereocenters. The maximum Gasteiger partial charge on any atom is 0.335 e. The van der Waals surface area contributed by atoms with Crippen LogP contribution in [0.4, 0.5) is 0 Å². The molecule has 0 aromatic heterocycles. The first-order valence-corrected chi connectivity index (χ1v) is 4.92. The number of aldehydes is 1. The Hall–Kier alpha value is -1.84. The van der Waals surface area contributed by atoms with E-state index in [9.17, 15) is 14.4 Å². The standard InChI is InChI=1S/C4H6O6.C3H6O.C2H7N.CH2O/c5-1(3(7)8)2(6)4(9)10;1-2-3-4;1-3-2;1-2/h1-2,5-6H,(H,7,8)(H,9,10);3H,2H2,1H3;3H,1-2H3;1H2. The predicted molar refractivity (Wildman–Crippen MR) is 65.7 cm³/mol. The van der Waals surface area contributed by atoms with Crippen LogP contribution >= 0.6 is 0 Å². The molecule has 2 unspecified atom stereocenters. The highest BCUT2D eigenvalue weighted by Gasteiger charge is 2.29. The van der Waals surface area contributed by atoms with Gasteiger partial charge in [0, 0.05) is 6.42 Å². The van der Waals surface area contributed by atoms with E-state index < -0.39 is 24.1 Å². The number of hydrogen-bond donors (Lipinski definition) is 5. The number of aliphatic hydroxyl groups is 2. The molecule has 0 heterocycles. The molecule has 114 valence electrons. The van der Waals surface area contributed by atoms with Crippen molar-refractivity contribution in [2.45, 2.75) is 25.6 Å². The minimum atomic E-state index is -2.27. The van der Waals surface area contributed by atoms with Crippen molar-refractivity contribution in [2.24, 2.45) is 0 Å². The van der Waals surface area contributed by atoms with Crippen LogP contribution in [0.15, 0.2) is 0 Å². The van der Waals surface area contributed by atoms with Gasteiger partial charge >= 0.3 is 11.9 Å². The molecule has 9 nitrogen and oxygen atoms in total. The SMILES string of the molecule is C=O.CCC=O.CNC.O=C(O)C(O)C(O)C(=O)O. The van der Waals surface area contributed by atoms with Crippen LogP contribution in [0.25, 0.3) is 0 Å². The summed E-state index contributed by atoms with van der Waals surface area (Å²) in [6.45, 7) is 3.81. The van der Waals surface area contributed by atoms with Gasteiger partial charge in [-0.05, 0) is 14.1 Å². The largest absolute Gasteiger partial charge is 0.479 e. The van der Waals surface area contributed by atoms with Crippen molar-refractivity contribution in [3.05, 3.63) is 0 Å². The van der Waals surface area contributed by atoms with E-state index in [0.717, 1.165) is 6.29 Å². The summed E-state index contributed by atoms with van der Waals surface area (Å²) >= 11 is 0. The molecule has 5 N–H and O–H groups in total. The van der Waals surface area contributed by atoms with Gasteiger partial charge < -0.3 is 35.3 Å². The van der Waals surface area contributed by atoms with Crippen LogP contribution in [-0.4, -0.2) is 71.7 Å². The molecule has 0 saturated carbocycles. The van der Waals surface area contributed by atoms with Crippen LogP contribution in [0.2, 0.25) is 0 Å². The molecule has 19 heavy (non-hydrogen) atoms. The van der Waals surface area contributed by atoms with Crippen LogP contribution in [-0.2, 0) is 19.2 Å². The molecule has 0 aromatic carbocycles. The molecule has 0 rings (SSSR count). The minimum Gasteiger partial charge on any atom is -0.479 e. The molecule has 0 aliphatic heterocycles. The van der Waals surface area contributed by atoms with Gasteiger partial charge in [0.1, 0.15) is 13.1 Å². The average Bonchev–Trinajstić information content (AvgIpc) is 2.40. The second-order valence-electron chi connectivity index (χ2n) is 2.64. The van der Waals surface area contributed by atoms with Gasteiger partial charge in [-0.15, -0.1) is 0 Å². The van der Waals surface area contributed by atoms with Crippen molar-refractivity contribution < 1.29 is 39.6 Å². The first kappa shape index (κ1) is 25.9. The lowest BCUT2D eigenvalue weighted by Crippen LogP contribution is -2.39. The second kappa shape index (κ2) is 21.4. The fourth-order valence-electron chi connectivity index (χ4n) is 0.270. The van der Waals surface area contributed by atoms with Crippen molar-refractivity contribution >= 4 is 25.0 Å². The van der Waals surface area contributed by atoms with E-state index in [1.165, 1.54) is 0 Å². The van der Waals surface area contributed by atoms with E-state index in [1.54, 1.807) is 0 Å². The smallest absolute Gasteiger partial charge is 0.335 e. The first-order valence-electron chi connectivity index (χ1n) is 4.92. The lowest BCUT2D eigenvalue weighted by Gasteiger charge is -2.07. The van der Waals surface area contributed by atoms with Crippen molar-refractivity contribution in [3.8, 4) is 0 Å². The van der Waals surface area contributed by atoms with Crippen molar-refractivity contribution in [1.29, 1.82) is 0 Å². The number of carboxylic acid groups (broad SMARTS) is 2. The maximum absolute atomic E-state index is 9.77. The predicted octanol–water partition coefficient (Wildman–Crippen LogP) is -1.88. The van der Waals surface area contributed by atoms with Gasteiger partial charge in [0.15, 0.2) is 12.2 Å². The zero-order chi connectivity index (χ0) is 16.4. The molecule has 0 fully saturated rings. The highest BCUT2D eigenvalue weighted by molar-refractivity contribution is 5.83. The molecule has 9 heteroatoms. The zero-order valence-corrected chi connectivity index (χ0v) is 11.1. The third-order valence-electron chi connectivity index (χ3n) is 0.972. The van der Waals surface area contributed by atoms with Gasteiger partial charge in [0.25, 0.3) is 0 Å². The normalized spacial score (nSPS) is 10.8. The van der Waals surface area contributed by atoms with E-state index in [2.05, 4.69) is 5.32 Å². The summed E-state index contributed by atoms with van der Waals surface area (Å²) in [6.07, 6.45) is -3.02.